The largest absolute Gasteiger partial charge is 0.416 e. The molecule has 0 saturated carbocycles. The molecular formula is C17H17BrF3N3OS. The molecule has 1 aromatic heterocycles. The van der Waals surface area contributed by atoms with Gasteiger partial charge < -0.3 is 10.6 Å². The Balaban J connectivity index is 2.00. The maximum atomic E-state index is 13.0. The summed E-state index contributed by atoms with van der Waals surface area (Å²) in [5, 5.41) is 0. The van der Waals surface area contributed by atoms with Gasteiger partial charge in [0.1, 0.15) is 5.69 Å². The molecule has 1 fully saturated rings. The minimum Gasteiger partial charge on any atom is -0.333 e. The lowest BCUT2D eigenvalue weighted by atomic mass is 10.0. The molecule has 4 nitrogen and oxygen atoms in total. The highest BCUT2D eigenvalue weighted by atomic mass is 79.9. The number of amides is 1. The second-order valence-electron chi connectivity index (χ2n) is 6.11. The fraction of sp³-hybridized carbons (Fsp3) is 0.412. The third-order valence-electron chi connectivity index (χ3n) is 4.42. The van der Waals surface area contributed by atoms with Crippen molar-refractivity contribution in [2.75, 3.05) is 13.1 Å². The first kappa shape index (κ1) is 19.3. The van der Waals surface area contributed by atoms with Gasteiger partial charge in [-0.05, 0) is 52.9 Å². The molecule has 0 spiro atoms. The summed E-state index contributed by atoms with van der Waals surface area (Å²) < 4.78 is 39.5. The highest BCUT2D eigenvalue weighted by Crippen LogP contribution is 2.37. The summed E-state index contributed by atoms with van der Waals surface area (Å²) >= 11 is 4.40. The van der Waals surface area contributed by atoms with Gasteiger partial charge in [0.2, 0.25) is 0 Å². The number of hydrogen-bond acceptors (Lipinski definition) is 4. The minimum atomic E-state index is -4.44. The number of rotatable bonds is 3. The Hall–Kier alpha value is -1.45. The molecule has 1 aliphatic rings. The van der Waals surface area contributed by atoms with Crippen LogP contribution in [0.2, 0.25) is 0 Å². The number of likely N-dealkylation sites (tertiary alicyclic amines) is 1. The van der Waals surface area contributed by atoms with Crippen molar-refractivity contribution in [2.24, 2.45) is 5.73 Å². The Kier molecular flexibility index (Phi) is 5.69. The molecule has 1 amide bonds. The second kappa shape index (κ2) is 7.66. The molecule has 1 atom stereocenters. The summed E-state index contributed by atoms with van der Waals surface area (Å²) in [6.07, 6.45) is -1.73. The first-order valence-electron chi connectivity index (χ1n) is 8.16. The number of piperidine rings is 1. The lowest BCUT2D eigenvalue weighted by Crippen LogP contribution is -2.47. The lowest BCUT2D eigenvalue weighted by Gasteiger charge is -2.34. The first-order valence-corrected chi connectivity index (χ1v) is 9.77. The average molecular weight is 448 g/mol. The van der Waals surface area contributed by atoms with Gasteiger partial charge in [-0.25, -0.2) is 4.98 Å². The van der Waals surface area contributed by atoms with Crippen LogP contribution >= 0.6 is 27.3 Å². The monoisotopic (exact) mass is 447 g/mol. The molecule has 26 heavy (non-hydrogen) atoms. The molecule has 2 aromatic rings. The Bertz CT molecular complexity index is 809. The van der Waals surface area contributed by atoms with Crippen LogP contribution in [0.3, 0.4) is 0 Å². The topological polar surface area (TPSA) is 59.2 Å². The van der Waals surface area contributed by atoms with Crippen LogP contribution in [0.5, 0.6) is 0 Å². The predicted molar refractivity (Wildman–Crippen MR) is 98.0 cm³/mol. The van der Waals surface area contributed by atoms with Crippen LogP contribution < -0.4 is 5.73 Å². The van der Waals surface area contributed by atoms with Crippen LogP contribution in [-0.4, -0.2) is 34.9 Å². The number of benzene rings is 1. The van der Waals surface area contributed by atoms with Crippen molar-refractivity contribution in [2.45, 2.75) is 31.5 Å². The number of hydrogen-bond donors (Lipinski definition) is 1. The molecule has 2 heterocycles. The molecule has 3 rings (SSSR count). The zero-order valence-corrected chi connectivity index (χ0v) is 16.1. The molecule has 0 bridgehead atoms. The van der Waals surface area contributed by atoms with Gasteiger partial charge in [-0.2, -0.15) is 13.2 Å². The number of carbonyl (C=O) groups is 1. The number of aromatic nitrogens is 1. The summed E-state index contributed by atoms with van der Waals surface area (Å²) in [7, 11) is 0. The molecule has 0 aliphatic carbocycles. The SMILES string of the molecule is NCC1CCCCN1C(=O)c1nc(Br)sc1-c1cccc(C(F)(F)F)c1. The number of alkyl halides is 3. The van der Waals surface area contributed by atoms with Crippen molar-refractivity contribution in [3.8, 4) is 10.4 Å². The van der Waals surface area contributed by atoms with E-state index in [1.807, 2.05) is 0 Å². The third-order valence-corrected chi connectivity index (χ3v) is 5.97. The summed E-state index contributed by atoms with van der Waals surface area (Å²) in [4.78, 5) is 19.4. The summed E-state index contributed by atoms with van der Waals surface area (Å²) in [6.45, 7) is 0.938. The molecule has 0 radical (unpaired) electrons. The fourth-order valence-electron chi connectivity index (χ4n) is 3.12. The number of thiazole rings is 1. The Morgan fingerprint density at radius 2 is 2.15 bits per heavy atom. The first-order chi connectivity index (χ1) is 12.3. The van der Waals surface area contributed by atoms with E-state index in [0.717, 1.165) is 42.7 Å². The van der Waals surface area contributed by atoms with Crippen LogP contribution in [0.25, 0.3) is 10.4 Å². The van der Waals surface area contributed by atoms with Crippen LogP contribution in [0.15, 0.2) is 28.2 Å². The van der Waals surface area contributed by atoms with Gasteiger partial charge in [-0.3, -0.25) is 4.79 Å². The van der Waals surface area contributed by atoms with Crippen molar-refractivity contribution in [3.05, 3.63) is 39.4 Å². The number of carbonyl (C=O) groups excluding carboxylic acids is 1. The predicted octanol–water partition coefficient (Wildman–Crippen LogP) is 4.54. The van der Waals surface area contributed by atoms with E-state index in [1.54, 1.807) is 11.0 Å². The van der Waals surface area contributed by atoms with E-state index in [1.165, 1.54) is 6.07 Å². The van der Waals surface area contributed by atoms with E-state index in [-0.39, 0.29) is 17.6 Å². The summed E-state index contributed by atoms with van der Waals surface area (Å²) in [5.41, 5.74) is 5.53. The van der Waals surface area contributed by atoms with E-state index in [9.17, 15) is 18.0 Å². The van der Waals surface area contributed by atoms with Gasteiger partial charge in [0.15, 0.2) is 3.92 Å². The number of nitrogens with two attached hydrogens (primary N) is 1. The van der Waals surface area contributed by atoms with Gasteiger partial charge in [-0.1, -0.05) is 12.1 Å². The Morgan fingerprint density at radius 1 is 1.38 bits per heavy atom. The number of nitrogens with zero attached hydrogens (tertiary/aromatic N) is 2. The average Bonchev–Trinajstić information content (AvgIpc) is 3.02. The van der Waals surface area contributed by atoms with Crippen molar-refractivity contribution in [1.82, 2.24) is 9.88 Å². The maximum Gasteiger partial charge on any atom is 0.416 e. The minimum absolute atomic E-state index is 0.0638. The van der Waals surface area contributed by atoms with Gasteiger partial charge in [0, 0.05) is 19.1 Å². The lowest BCUT2D eigenvalue weighted by molar-refractivity contribution is -0.137. The molecule has 1 saturated heterocycles. The van der Waals surface area contributed by atoms with Gasteiger partial charge in [-0.15, -0.1) is 11.3 Å². The van der Waals surface area contributed by atoms with Crippen molar-refractivity contribution < 1.29 is 18.0 Å². The highest BCUT2D eigenvalue weighted by Gasteiger charge is 2.33. The molecule has 1 aliphatic heterocycles. The van der Waals surface area contributed by atoms with Crippen LogP contribution in [-0.2, 0) is 6.18 Å². The number of halogens is 4. The van der Waals surface area contributed by atoms with Crippen LogP contribution in [0, 0.1) is 0 Å². The van der Waals surface area contributed by atoms with E-state index in [0.29, 0.717) is 27.4 Å². The zero-order valence-electron chi connectivity index (χ0n) is 13.7. The second-order valence-corrected chi connectivity index (χ2v) is 8.38. The highest BCUT2D eigenvalue weighted by molar-refractivity contribution is 9.11. The van der Waals surface area contributed by atoms with Gasteiger partial charge >= 0.3 is 6.18 Å². The Labute approximate surface area is 161 Å². The van der Waals surface area contributed by atoms with Crippen molar-refractivity contribution in [3.63, 3.8) is 0 Å². The van der Waals surface area contributed by atoms with Gasteiger partial charge in [0.25, 0.3) is 5.91 Å². The zero-order chi connectivity index (χ0) is 18.9. The van der Waals surface area contributed by atoms with Crippen LogP contribution in [0.1, 0.15) is 35.3 Å². The maximum absolute atomic E-state index is 13.0. The molecule has 140 valence electrons. The third kappa shape index (κ3) is 3.94. The smallest absolute Gasteiger partial charge is 0.333 e. The Morgan fingerprint density at radius 3 is 2.85 bits per heavy atom. The normalized spacial score (nSPS) is 18.2. The van der Waals surface area contributed by atoms with E-state index in [2.05, 4.69) is 20.9 Å². The fourth-order valence-corrected chi connectivity index (χ4v) is 4.56. The van der Waals surface area contributed by atoms with E-state index < -0.39 is 11.7 Å². The van der Waals surface area contributed by atoms with Gasteiger partial charge in [0.05, 0.1) is 10.4 Å². The summed E-state index contributed by atoms with van der Waals surface area (Å²) in [6, 6.07) is 4.89. The quantitative estimate of drug-likeness (QED) is 0.750. The molecular weight excluding hydrogens is 431 g/mol. The molecule has 1 unspecified atom stereocenters. The van der Waals surface area contributed by atoms with Crippen molar-refractivity contribution >= 4 is 33.2 Å². The summed E-state index contributed by atoms with van der Waals surface area (Å²) in [5.74, 6) is -0.283. The van der Waals surface area contributed by atoms with E-state index >= 15 is 0 Å². The van der Waals surface area contributed by atoms with Crippen LogP contribution in [0.4, 0.5) is 13.2 Å². The molecule has 9 heteroatoms. The standard InChI is InChI=1S/C17H17BrF3N3OS/c18-16-23-13(15(25)24-7-2-1-6-12(24)9-22)14(26-16)10-4-3-5-11(8-10)17(19,20)21/h3-5,8,12H,1-2,6-7,9,22H2. The van der Waals surface area contributed by atoms with Crippen molar-refractivity contribution in [1.29, 1.82) is 0 Å². The molecule has 2 N–H and O–H groups in total. The van der Waals surface area contributed by atoms with E-state index in [4.69, 9.17) is 5.73 Å². The molecule has 1 aromatic carbocycles.